The summed E-state index contributed by atoms with van der Waals surface area (Å²) >= 11 is 0. The van der Waals surface area contributed by atoms with E-state index < -0.39 is 15.6 Å². The summed E-state index contributed by atoms with van der Waals surface area (Å²) in [4.78, 5) is 12.7. The molecule has 3 rings (SSSR count). The number of nitrogens with zero attached hydrogens (tertiary/aromatic N) is 1. The first-order chi connectivity index (χ1) is 12.8. The van der Waals surface area contributed by atoms with Crippen molar-refractivity contribution >= 4 is 28.3 Å². The first-order valence-corrected chi connectivity index (χ1v) is 11.0. The normalized spacial score (nSPS) is 22.9. The van der Waals surface area contributed by atoms with E-state index in [1.165, 1.54) is 0 Å². The number of hydrogen-bond donors (Lipinski definition) is 2. The Bertz CT molecular complexity index is 764. The second kappa shape index (κ2) is 9.54. The fourth-order valence-corrected chi connectivity index (χ4v) is 5.21. The lowest BCUT2D eigenvalue weighted by Gasteiger charge is -2.31. The van der Waals surface area contributed by atoms with E-state index in [-0.39, 0.29) is 18.3 Å². The Labute approximate surface area is 173 Å². The van der Waals surface area contributed by atoms with Crippen molar-refractivity contribution in [2.45, 2.75) is 49.6 Å². The summed E-state index contributed by atoms with van der Waals surface area (Å²) in [6.45, 7) is 4.53. The number of amides is 1. The molecule has 0 saturated carbocycles. The maximum atomic E-state index is 12.8. The predicted molar refractivity (Wildman–Crippen MR) is 110 cm³/mol. The molecule has 1 aromatic rings. The third-order valence-corrected chi connectivity index (χ3v) is 7.35. The van der Waals surface area contributed by atoms with E-state index in [1.54, 1.807) is 28.6 Å². The molecule has 2 fully saturated rings. The van der Waals surface area contributed by atoms with Crippen molar-refractivity contribution in [3.63, 3.8) is 0 Å². The van der Waals surface area contributed by atoms with Gasteiger partial charge in [-0.25, -0.2) is 8.42 Å². The van der Waals surface area contributed by atoms with Crippen LogP contribution in [0.2, 0.25) is 0 Å². The van der Waals surface area contributed by atoms with E-state index in [1.807, 2.05) is 0 Å². The van der Waals surface area contributed by atoms with Crippen molar-refractivity contribution in [1.29, 1.82) is 0 Å². The average Bonchev–Trinajstić information content (AvgIpc) is 2.67. The predicted octanol–water partition coefficient (Wildman–Crippen LogP) is 1.65. The molecule has 9 heteroatoms. The number of nitrogens with one attached hydrogen (secondary N) is 1. The van der Waals surface area contributed by atoms with Crippen LogP contribution in [0.3, 0.4) is 0 Å². The molecule has 0 spiro atoms. The van der Waals surface area contributed by atoms with Gasteiger partial charge in [0.1, 0.15) is 0 Å². The molecule has 1 aromatic carbocycles. The van der Waals surface area contributed by atoms with Gasteiger partial charge < -0.3 is 15.8 Å². The summed E-state index contributed by atoms with van der Waals surface area (Å²) in [5, 5.41) is 2.86. The van der Waals surface area contributed by atoms with Crippen molar-refractivity contribution in [2.24, 2.45) is 11.7 Å². The molecule has 0 aliphatic carbocycles. The highest BCUT2D eigenvalue weighted by molar-refractivity contribution is 7.89. The average molecular weight is 432 g/mol. The molecule has 28 heavy (non-hydrogen) atoms. The van der Waals surface area contributed by atoms with Crippen LogP contribution >= 0.6 is 12.4 Å². The van der Waals surface area contributed by atoms with Gasteiger partial charge in [0.25, 0.3) is 0 Å². The quantitative estimate of drug-likeness (QED) is 0.738. The minimum absolute atomic E-state index is 0. The van der Waals surface area contributed by atoms with Crippen molar-refractivity contribution < 1.29 is 17.9 Å². The summed E-state index contributed by atoms with van der Waals surface area (Å²) in [7, 11) is -3.46. The molecule has 2 saturated heterocycles. The summed E-state index contributed by atoms with van der Waals surface area (Å²) in [5.74, 6) is 0.196. The number of ether oxygens (including phenoxy) is 1. The topological polar surface area (TPSA) is 102 Å². The molecule has 158 valence electrons. The van der Waals surface area contributed by atoms with Crippen molar-refractivity contribution in [3.05, 3.63) is 29.8 Å². The van der Waals surface area contributed by atoms with E-state index in [0.29, 0.717) is 56.5 Å². The number of sulfonamides is 1. The van der Waals surface area contributed by atoms with Crippen LogP contribution in [0.15, 0.2) is 29.2 Å². The fourth-order valence-electron chi connectivity index (χ4n) is 3.61. The van der Waals surface area contributed by atoms with E-state index in [2.05, 4.69) is 12.2 Å². The Kier molecular flexibility index (Phi) is 7.87. The van der Waals surface area contributed by atoms with Crippen molar-refractivity contribution in [1.82, 2.24) is 9.62 Å². The van der Waals surface area contributed by atoms with Gasteiger partial charge in [0.15, 0.2) is 0 Å². The van der Waals surface area contributed by atoms with E-state index >= 15 is 0 Å². The fraction of sp³-hybridized carbons (Fsp3) is 0.632. The van der Waals surface area contributed by atoms with Crippen LogP contribution in [-0.2, 0) is 26.1 Å². The second-order valence-electron chi connectivity index (χ2n) is 7.71. The Balaban J connectivity index is 0.00000280. The van der Waals surface area contributed by atoms with Crippen molar-refractivity contribution in [2.75, 3.05) is 26.3 Å². The highest BCUT2D eigenvalue weighted by atomic mass is 35.5. The molecule has 1 unspecified atom stereocenters. The molecular weight excluding hydrogens is 402 g/mol. The number of hydrogen-bond acceptors (Lipinski definition) is 5. The van der Waals surface area contributed by atoms with Gasteiger partial charge in [-0.2, -0.15) is 4.31 Å². The van der Waals surface area contributed by atoms with Gasteiger partial charge in [-0.05, 0) is 49.3 Å². The zero-order chi connectivity index (χ0) is 19.5. The molecule has 0 bridgehead atoms. The Hall–Kier alpha value is -1.19. The van der Waals surface area contributed by atoms with Crippen LogP contribution < -0.4 is 11.1 Å². The standard InChI is InChI=1S/C19H29N3O4S.ClH/c1-15-3-2-10-22(14-15)27(24,25)17-6-4-16(5-7-17)13-21-18(23)19(20)8-11-26-12-9-19;/h4-7,15H,2-3,8-14,20H2,1H3,(H,21,23);1H. The molecule has 0 radical (unpaired) electrons. The SMILES string of the molecule is CC1CCCN(S(=O)(=O)c2ccc(CNC(=O)C3(N)CCOCC3)cc2)C1.Cl. The monoisotopic (exact) mass is 431 g/mol. The maximum absolute atomic E-state index is 12.8. The van der Waals surface area contributed by atoms with Gasteiger partial charge in [-0.3, -0.25) is 4.79 Å². The highest BCUT2D eigenvalue weighted by Crippen LogP contribution is 2.24. The Morgan fingerprint density at radius 2 is 1.93 bits per heavy atom. The number of benzene rings is 1. The largest absolute Gasteiger partial charge is 0.381 e. The lowest BCUT2D eigenvalue weighted by molar-refractivity contribution is -0.129. The number of carbonyl (C=O) groups is 1. The molecule has 3 N–H and O–H groups in total. The minimum Gasteiger partial charge on any atom is -0.381 e. The molecule has 1 amide bonds. The van der Waals surface area contributed by atoms with E-state index in [9.17, 15) is 13.2 Å². The number of halogens is 1. The molecular formula is C19H30ClN3O4S. The lowest BCUT2D eigenvalue weighted by atomic mass is 9.90. The zero-order valence-corrected chi connectivity index (χ0v) is 17.9. The molecule has 7 nitrogen and oxygen atoms in total. The van der Waals surface area contributed by atoms with Gasteiger partial charge >= 0.3 is 0 Å². The van der Waals surface area contributed by atoms with Crippen LogP contribution in [0.4, 0.5) is 0 Å². The number of rotatable bonds is 5. The van der Waals surface area contributed by atoms with Gasteiger partial charge in [-0.15, -0.1) is 12.4 Å². The van der Waals surface area contributed by atoms with E-state index in [0.717, 1.165) is 18.4 Å². The van der Waals surface area contributed by atoms with Gasteiger partial charge in [0, 0.05) is 32.8 Å². The van der Waals surface area contributed by atoms with Crippen LogP contribution in [-0.4, -0.2) is 50.5 Å². The van der Waals surface area contributed by atoms with Crippen LogP contribution in [0.5, 0.6) is 0 Å². The Morgan fingerprint density at radius 1 is 1.29 bits per heavy atom. The third-order valence-electron chi connectivity index (χ3n) is 5.47. The van der Waals surface area contributed by atoms with E-state index in [4.69, 9.17) is 10.5 Å². The number of piperidine rings is 1. The highest BCUT2D eigenvalue weighted by Gasteiger charge is 2.35. The Morgan fingerprint density at radius 3 is 2.54 bits per heavy atom. The molecule has 0 aromatic heterocycles. The summed E-state index contributed by atoms with van der Waals surface area (Å²) in [5.41, 5.74) is 6.12. The van der Waals surface area contributed by atoms with Crippen molar-refractivity contribution in [3.8, 4) is 0 Å². The molecule has 2 heterocycles. The second-order valence-corrected chi connectivity index (χ2v) is 9.64. The molecule has 2 aliphatic rings. The van der Waals surface area contributed by atoms with Gasteiger partial charge in [0.05, 0.1) is 10.4 Å². The first-order valence-electron chi connectivity index (χ1n) is 9.55. The number of carbonyl (C=O) groups excluding carboxylic acids is 1. The molecule has 1 atom stereocenters. The lowest BCUT2D eigenvalue weighted by Crippen LogP contribution is -2.56. The summed E-state index contributed by atoms with van der Waals surface area (Å²) in [6, 6.07) is 6.72. The maximum Gasteiger partial charge on any atom is 0.243 e. The minimum atomic E-state index is -3.46. The first kappa shape index (κ1) is 23.1. The number of nitrogens with two attached hydrogens (primary N) is 1. The summed E-state index contributed by atoms with van der Waals surface area (Å²) < 4.78 is 32.4. The summed E-state index contributed by atoms with van der Waals surface area (Å²) in [6.07, 6.45) is 2.98. The van der Waals surface area contributed by atoms with Gasteiger partial charge in [-0.1, -0.05) is 19.1 Å². The zero-order valence-electron chi connectivity index (χ0n) is 16.2. The van der Waals surface area contributed by atoms with Crippen LogP contribution in [0.25, 0.3) is 0 Å². The third kappa shape index (κ3) is 5.24. The van der Waals surface area contributed by atoms with Gasteiger partial charge in [0.2, 0.25) is 15.9 Å². The smallest absolute Gasteiger partial charge is 0.243 e. The molecule has 2 aliphatic heterocycles. The van der Waals surface area contributed by atoms with Crippen LogP contribution in [0, 0.1) is 5.92 Å². The van der Waals surface area contributed by atoms with Crippen LogP contribution in [0.1, 0.15) is 38.2 Å².